The molecule has 41 heavy (non-hydrogen) atoms. The number of Topliss-reactive ketones (excluding diaryl/α,β-unsaturated/α-hetero) is 1. The number of likely N-dealkylation sites (tertiary alicyclic amines) is 2. The molecule has 0 saturated carbocycles. The van der Waals surface area contributed by atoms with Crippen molar-refractivity contribution in [3.8, 4) is 5.75 Å². The van der Waals surface area contributed by atoms with Crippen molar-refractivity contribution in [2.75, 3.05) is 32.8 Å². The predicted octanol–water partition coefficient (Wildman–Crippen LogP) is 3.82. The first-order valence-corrected chi connectivity index (χ1v) is 14.9. The Kier molecular flexibility index (Phi) is 6.47. The molecule has 7 rings (SSSR count). The van der Waals surface area contributed by atoms with Crippen LogP contribution in [0.2, 0.25) is 0 Å². The van der Waals surface area contributed by atoms with E-state index in [2.05, 4.69) is 4.90 Å². The average molecular weight is 558 g/mol. The molecule has 1 aromatic carbocycles. The highest BCUT2D eigenvalue weighted by Gasteiger charge is 2.50. The van der Waals surface area contributed by atoms with Gasteiger partial charge in [-0.25, -0.2) is 14.6 Å². The Morgan fingerprint density at radius 1 is 1.12 bits per heavy atom. The van der Waals surface area contributed by atoms with Gasteiger partial charge < -0.3 is 24.4 Å². The molecular formula is C32H35N3O6. The smallest absolute Gasteiger partial charge is 0.415 e. The Bertz CT molecular complexity index is 1510. The molecule has 1 aromatic heterocycles. The summed E-state index contributed by atoms with van der Waals surface area (Å²) in [5.41, 5.74) is 1.95. The van der Waals surface area contributed by atoms with E-state index >= 15 is 0 Å². The minimum Gasteiger partial charge on any atom is -0.458 e. The maximum absolute atomic E-state index is 13.5. The Hall–Kier alpha value is -3.56. The summed E-state index contributed by atoms with van der Waals surface area (Å²) in [7, 11) is 0. The number of ether oxygens (including phenoxy) is 2. The van der Waals surface area contributed by atoms with Gasteiger partial charge in [0.25, 0.3) is 0 Å². The van der Waals surface area contributed by atoms with Crippen molar-refractivity contribution in [1.29, 1.82) is 0 Å². The van der Waals surface area contributed by atoms with Crippen LogP contribution in [-0.2, 0) is 20.7 Å². The number of ketones is 1. The minimum absolute atomic E-state index is 0.113. The van der Waals surface area contributed by atoms with Gasteiger partial charge in [0.2, 0.25) is 0 Å². The molecule has 2 fully saturated rings. The zero-order valence-corrected chi connectivity index (χ0v) is 23.4. The molecule has 0 spiro atoms. The second-order valence-electron chi connectivity index (χ2n) is 11.9. The van der Waals surface area contributed by atoms with Gasteiger partial charge in [-0.15, -0.1) is 0 Å². The van der Waals surface area contributed by atoms with Crippen LogP contribution in [0.5, 0.6) is 5.75 Å². The Morgan fingerprint density at radius 3 is 2.66 bits per heavy atom. The number of amides is 1. The number of piperidine rings is 2. The van der Waals surface area contributed by atoms with E-state index in [-0.39, 0.29) is 24.9 Å². The number of carbonyl (C=O) groups is 3. The van der Waals surface area contributed by atoms with Crippen molar-refractivity contribution in [2.45, 2.75) is 63.5 Å². The van der Waals surface area contributed by atoms with E-state index in [0.717, 1.165) is 29.4 Å². The number of pyridine rings is 1. The number of rotatable bonds is 3. The van der Waals surface area contributed by atoms with Crippen molar-refractivity contribution in [3.63, 3.8) is 0 Å². The van der Waals surface area contributed by atoms with Crippen LogP contribution in [0.4, 0.5) is 4.79 Å². The molecule has 4 heterocycles. The second-order valence-corrected chi connectivity index (χ2v) is 11.9. The lowest BCUT2D eigenvalue weighted by Crippen LogP contribution is -2.48. The van der Waals surface area contributed by atoms with Gasteiger partial charge in [-0.05, 0) is 93.1 Å². The summed E-state index contributed by atoms with van der Waals surface area (Å²) >= 11 is 0. The summed E-state index contributed by atoms with van der Waals surface area (Å²) in [4.78, 5) is 48.1. The molecule has 9 nitrogen and oxygen atoms in total. The normalized spacial score (nSPS) is 26.8. The molecule has 9 heteroatoms. The largest absolute Gasteiger partial charge is 0.458 e. The van der Waals surface area contributed by atoms with Crippen LogP contribution in [0, 0.1) is 5.92 Å². The van der Waals surface area contributed by atoms with Gasteiger partial charge in [0.15, 0.2) is 11.4 Å². The molecule has 0 radical (unpaired) electrons. The molecule has 0 bridgehead atoms. The second kappa shape index (κ2) is 10.1. The van der Waals surface area contributed by atoms with E-state index in [1.54, 1.807) is 24.0 Å². The monoisotopic (exact) mass is 557 g/mol. The van der Waals surface area contributed by atoms with Crippen LogP contribution in [0.3, 0.4) is 0 Å². The quantitative estimate of drug-likeness (QED) is 0.568. The Morgan fingerprint density at radius 2 is 1.90 bits per heavy atom. The van der Waals surface area contributed by atoms with Crippen LogP contribution in [0.25, 0.3) is 16.5 Å². The number of esters is 1. The molecule has 1 N–H and O–H groups in total. The Balaban J connectivity index is 1.09. The van der Waals surface area contributed by atoms with Gasteiger partial charge in [-0.1, -0.05) is 13.3 Å². The van der Waals surface area contributed by atoms with Gasteiger partial charge in [0, 0.05) is 35.7 Å². The van der Waals surface area contributed by atoms with Crippen molar-refractivity contribution < 1.29 is 29.0 Å². The molecule has 1 unspecified atom stereocenters. The number of nitrogens with zero attached hydrogens (tertiary/aromatic N) is 3. The van der Waals surface area contributed by atoms with Gasteiger partial charge in [-0.2, -0.15) is 0 Å². The molecule has 3 aliphatic heterocycles. The van der Waals surface area contributed by atoms with E-state index < -0.39 is 17.5 Å². The fourth-order valence-corrected chi connectivity index (χ4v) is 7.23. The Labute approximate surface area is 238 Å². The summed E-state index contributed by atoms with van der Waals surface area (Å²) in [6.07, 6.45) is 7.87. The highest BCUT2D eigenvalue weighted by atomic mass is 16.6. The van der Waals surface area contributed by atoms with E-state index in [9.17, 15) is 19.5 Å². The highest BCUT2D eigenvalue weighted by molar-refractivity contribution is 6.12. The summed E-state index contributed by atoms with van der Waals surface area (Å²) in [6.45, 7) is 5.33. The maximum atomic E-state index is 13.5. The molecule has 2 atom stereocenters. The first-order chi connectivity index (χ1) is 19.9. The average Bonchev–Trinajstić information content (AvgIpc) is 3.36. The topological polar surface area (TPSA) is 109 Å². The lowest BCUT2D eigenvalue weighted by molar-refractivity contribution is -0.163. The summed E-state index contributed by atoms with van der Waals surface area (Å²) in [5.74, 6) is -0.803. The summed E-state index contributed by atoms with van der Waals surface area (Å²) in [5, 5.41) is 11.9. The van der Waals surface area contributed by atoms with Gasteiger partial charge >= 0.3 is 12.1 Å². The minimum atomic E-state index is -1.83. The molecule has 5 aliphatic rings. The maximum Gasteiger partial charge on any atom is 0.415 e. The molecule has 2 aromatic rings. The highest BCUT2D eigenvalue weighted by Crippen LogP contribution is 2.46. The van der Waals surface area contributed by atoms with Gasteiger partial charge in [0.05, 0.1) is 17.1 Å². The fourth-order valence-electron chi connectivity index (χ4n) is 7.23. The van der Waals surface area contributed by atoms with Crippen molar-refractivity contribution in [2.24, 2.45) is 5.92 Å². The number of hydrogen-bond acceptors (Lipinski definition) is 8. The predicted molar refractivity (Wildman–Crippen MR) is 151 cm³/mol. The molecule has 214 valence electrons. The van der Waals surface area contributed by atoms with Crippen LogP contribution < -0.4 is 4.74 Å². The SMILES string of the molecule is CC[C@@]1(O)C(=O)OCC2=C1C=C1c3nc4ccc(OC(=O)N5CCC(N6CCCCC6)CC5)cc4cc3CC1C2=O. The fraction of sp³-hybridized carbons (Fsp3) is 0.500. The molecule has 2 aliphatic carbocycles. The number of allylic oxidation sites excluding steroid dienone is 1. The third-order valence-electron chi connectivity index (χ3n) is 9.65. The van der Waals surface area contributed by atoms with E-state index in [1.807, 2.05) is 18.2 Å². The number of fused-ring (bicyclic) bond motifs is 4. The van der Waals surface area contributed by atoms with Gasteiger partial charge in [-0.3, -0.25) is 4.79 Å². The number of cyclic esters (lactones) is 1. The van der Waals surface area contributed by atoms with E-state index in [0.29, 0.717) is 53.7 Å². The third kappa shape index (κ3) is 4.37. The number of aliphatic hydroxyl groups is 1. The number of aromatic nitrogens is 1. The first kappa shape index (κ1) is 26.3. The number of carbonyl (C=O) groups excluding carboxylic acids is 3. The van der Waals surface area contributed by atoms with Gasteiger partial charge in [0.1, 0.15) is 12.4 Å². The van der Waals surface area contributed by atoms with Crippen LogP contribution >= 0.6 is 0 Å². The first-order valence-electron chi connectivity index (χ1n) is 14.9. The van der Waals surface area contributed by atoms with Crippen LogP contribution in [0.15, 0.2) is 41.5 Å². The van der Waals surface area contributed by atoms with Crippen molar-refractivity contribution >= 4 is 34.3 Å². The zero-order valence-electron chi connectivity index (χ0n) is 23.4. The molecule has 1 amide bonds. The lowest BCUT2D eigenvalue weighted by Gasteiger charge is -2.39. The summed E-state index contributed by atoms with van der Waals surface area (Å²) in [6, 6.07) is 7.96. The number of hydrogen-bond donors (Lipinski definition) is 1. The van der Waals surface area contributed by atoms with E-state index in [1.165, 1.54) is 32.4 Å². The number of benzene rings is 1. The lowest BCUT2D eigenvalue weighted by atomic mass is 9.75. The van der Waals surface area contributed by atoms with Crippen molar-refractivity contribution in [1.82, 2.24) is 14.8 Å². The van der Waals surface area contributed by atoms with Crippen molar-refractivity contribution in [3.05, 3.63) is 52.7 Å². The molecule has 2 saturated heterocycles. The third-order valence-corrected chi connectivity index (χ3v) is 9.65. The van der Waals surface area contributed by atoms with Crippen LogP contribution in [0.1, 0.15) is 56.7 Å². The standard InChI is InChI=1S/C32H35N3O6/c1-2-32(39)26-17-23-24(29(36)25(26)18-40-30(32)37)16-20-14-19-15-22(6-7-27(19)33-28(20)23)41-31(38)35-12-8-21(9-13-35)34-10-4-3-5-11-34/h6-7,14-15,17,21,24,39H,2-5,8-13,16,18H2,1H3/t24?,32-/m0/s1. The van der Waals surface area contributed by atoms with E-state index in [4.69, 9.17) is 14.5 Å². The zero-order chi connectivity index (χ0) is 28.3. The summed E-state index contributed by atoms with van der Waals surface area (Å²) < 4.78 is 11.0. The molecular weight excluding hydrogens is 522 g/mol. The van der Waals surface area contributed by atoms with Crippen LogP contribution in [-0.4, -0.2) is 82.2 Å².